The molecule has 3 atom stereocenters. The summed E-state index contributed by atoms with van der Waals surface area (Å²) in [4.78, 5) is 8.40. The number of benzene rings is 1. The second-order valence-corrected chi connectivity index (χ2v) is 8.43. The van der Waals surface area contributed by atoms with Gasteiger partial charge in [-0.05, 0) is 31.5 Å². The molecule has 1 fully saturated rings. The molecule has 0 bridgehead atoms. The molecule has 3 aromatic heterocycles. The molecule has 1 aliphatic rings. The summed E-state index contributed by atoms with van der Waals surface area (Å²) in [5, 5.41) is 15.5. The topological polar surface area (TPSA) is 76.0 Å². The van der Waals surface area contributed by atoms with Gasteiger partial charge in [-0.1, -0.05) is 41.7 Å². The van der Waals surface area contributed by atoms with E-state index in [0.29, 0.717) is 16.5 Å². The third kappa shape index (κ3) is 3.33. The van der Waals surface area contributed by atoms with Crippen molar-refractivity contribution < 1.29 is 14.3 Å². The lowest BCUT2D eigenvalue weighted by Gasteiger charge is -2.40. The number of aromatic hydroxyl groups is 1. The minimum absolute atomic E-state index is 0.0921. The molecule has 8 heteroatoms. The van der Waals surface area contributed by atoms with E-state index in [1.807, 2.05) is 18.2 Å². The van der Waals surface area contributed by atoms with Gasteiger partial charge in [0.15, 0.2) is 5.76 Å². The van der Waals surface area contributed by atoms with Crippen molar-refractivity contribution in [3.63, 3.8) is 0 Å². The van der Waals surface area contributed by atoms with E-state index < -0.39 is 0 Å². The van der Waals surface area contributed by atoms with E-state index in [0.717, 1.165) is 23.5 Å². The Morgan fingerprint density at radius 3 is 2.52 bits per heavy atom. The van der Waals surface area contributed by atoms with Gasteiger partial charge in [0.2, 0.25) is 16.7 Å². The molecule has 0 amide bonds. The summed E-state index contributed by atoms with van der Waals surface area (Å²) >= 11 is 1.46. The molecule has 7 nitrogen and oxygen atoms in total. The molecule has 0 radical (unpaired) electrons. The lowest BCUT2D eigenvalue weighted by molar-refractivity contribution is -0.0764. The van der Waals surface area contributed by atoms with Crippen LogP contribution in [0, 0.1) is 0 Å². The third-order valence-electron chi connectivity index (χ3n) is 5.12. The zero-order valence-corrected chi connectivity index (χ0v) is 17.0. The van der Waals surface area contributed by atoms with Crippen LogP contribution in [-0.4, -0.2) is 49.9 Å². The molecule has 1 aromatic carbocycles. The molecule has 0 saturated carbocycles. The van der Waals surface area contributed by atoms with E-state index >= 15 is 0 Å². The summed E-state index contributed by atoms with van der Waals surface area (Å²) in [5.74, 6) is 1.17. The molecule has 1 N–H and O–H groups in total. The number of rotatable bonds is 4. The zero-order chi connectivity index (χ0) is 20.0. The highest BCUT2D eigenvalue weighted by Crippen LogP contribution is 2.41. The Bertz CT molecular complexity index is 1100. The first-order valence-corrected chi connectivity index (χ1v) is 10.5. The molecule has 3 unspecified atom stereocenters. The van der Waals surface area contributed by atoms with E-state index in [9.17, 15) is 5.11 Å². The van der Waals surface area contributed by atoms with Gasteiger partial charge in [-0.25, -0.2) is 0 Å². The Hall–Kier alpha value is -2.68. The minimum Gasteiger partial charge on any atom is -0.492 e. The van der Waals surface area contributed by atoms with Crippen LogP contribution in [0.15, 0.2) is 53.1 Å². The van der Waals surface area contributed by atoms with Crippen LogP contribution in [0.2, 0.25) is 0 Å². The summed E-state index contributed by atoms with van der Waals surface area (Å²) in [6, 6.07) is 13.8. The maximum absolute atomic E-state index is 11.1. The minimum atomic E-state index is -0.0921. The number of hydrogen-bond acceptors (Lipinski definition) is 7. The Morgan fingerprint density at radius 2 is 1.86 bits per heavy atom. The van der Waals surface area contributed by atoms with Crippen LogP contribution < -0.4 is 0 Å². The van der Waals surface area contributed by atoms with Crippen LogP contribution in [0.3, 0.4) is 0 Å². The highest BCUT2D eigenvalue weighted by atomic mass is 32.1. The number of hydrogen-bond donors (Lipinski definition) is 1. The van der Waals surface area contributed by atoms with E-state index in [4.69, 9.17) is 9.15 Å². The van der Waals surface area contributed by atoms with Gasteiger partial charge in [0.1, 0.15) is 0 Å². The molecule has 0 aliphatic carbocycles. The summed E-state index contributed by atoms with van der Waals surface area (Å²) in [6.45, 7) is 5.75. The highest BCUT2D eigenvalue weighted by Gasteiger charge is 2.34. The van der Waals surface area contributed by atoms with Crippen molar-refractivity contribution in [2.24, 2.45) is 0 Å². The van der Waals surface area contributed by atoms with Crippen molar-refractivity contribution in [1.82, 2.24) is 19.5 Å². The number of aromatic nitrogens is 3. The van der Waals surface area contributed by atoms with E-state index in [1.54, 1.807) is 18.4 Å². The molecule has 0 spiro atoms. The standard InChI is InChI=1S/C21H22N4O3S/c1-13-11-24(12-14(2)28-13)17(15-7-4-3-5-8-15)18-20(26)25-21(29-18)22-19(23-25)16-9-6-10-27-16/h3-10,13-14,17,26H,11-12H2,1-2H3. The quantitative estimate of drug-likeness (QED) is 0.549. The molecule has 5 rings (SSSR count). The second kappa shape index (κ2) is 7.29. The molecule has 4 aromatic rings. The van der Waals surface area contributed by atoms with Crippen molar-refractivity contribution in [1.29, 1.82) is 0 Å². The molecular weight excluding hydrogens is 388 g/mol. The maximum Gasteiger partial charge on any atom is 0.230 e. The first-order chi connectivity index (χ1) is 14.1. The largest absolute Gasteiger partial charge is 0.492 e. The van der Waals surface area contributed by atoms with Crippen LogP contribution in [0.5, 0.6) is 5.88 Å². The number of nitrogens with zero attached hydrogens (tertiary/aromatic N) is 4. The summed E-state index contributed by atoms with van der Waals surface area (Å²) in [6.07, 6.45) is 1.83. The van der Waals surface area contributed by atoms with Gasteiger partial charge in [0, 0.05) is 13.1 Å². The number of furan rings is 1. The van der Waals surface area contributed by atoms with Crippen molar-refractivity contribution in [3.05, 3.63) is 59.2 Å². The van der Waals surface area contributed by atoms with Crippen LogP contribution in [0.25, 0.3) is 16.5 Å². The fourth-order valence-corrected chi connectivity index (χ4v) is 5.15. The second-order valence-electron chi connectivity index (χ2n) is 7.42. The lowest BCUT2D eigenvalue weighted by atomic mass is 10.0. The van der Waals surface area contributed by atoms with Crippen molar-refractivity contribution in [2.45, 2.75) is 32.1 Å². The van der Waals surface area contributed by atoms with Gasteiger partial charge in [0.05, 0.1) is 29.4 Å². The highest BCUT2D eigenvalue weighted by molar-refractivity contribution is 7.17. The first kappa shape index (κ1) is 18.4. The van der Waals surface area contributed by atoms with Crippen LogP contribution in [0.1, 0.15) is 30.3 Å². The Labute approximate surface area is 172 Å². The molecule has 1 aliphatic heterocycles. The third-order valence-corrected chi connectivity index (χ3v) is 6.19. The summed E-state index contributed by atoms with van der Waals surface area (Å²) in [5.41, 5.74) is 1.12. The predicted molar refractivity (Wildman–Crippen MR) is 110 cm³/mol. The Morgan fingerprint density at radius 1 is 1.10 bits per heavy atom. The van der Waals surface area contributed by atoms with Crippen LogP contribution in [-0.2, 0) is 4.74 Å². The van der Waals surface area contributed by atoms with Crippen LogP contribution in [0.4, 0.5) is 0 Å². The van der Waals surface area contributed by atoms with E-state index in [2.05, 4.69) is 41.0 Å². The number of thiazole rings is 1. The SMILES string of the molecule is CC1CN(C(c2ccccc2)c2sc3nc(-c4ccco4)nn3c2O)CC(C)O1. The average molecular weight is 410 g/mol. The first-order valence-electron chi connectivity index (χ1n) is 9.67. The maximum atomic E-state index is 11.1. The van der Waals surface area contributed by atoms with Gasteiger partial charge in [-0.2, -0.15) is 9.50 Å². The van der Waals surface area contributed by atoms with Gasteiger partial charge in [0.25, 0.3) is 0 Å². The number of ether oxygens (including phenoxy) is 1. The summed E-state index contributed by atoms with van der Waals surface area (Å²) in [7, 11) is 0. The smallest absolute Gasteiger partial charge is 0.230 e. The van der Waals surface area contributed by atoms with Gasteiger partial charge >= 0.3 is 0 Å². The van der Waals surface area contributed by atoms with Crippen molar-refractivity contribution in [3.8, 4) is 17.5 Å². The normalized spacial score (nSPS) is 21.6. The fraction of sp³-hybridized carbons (Fsp3) is 0.333. The number of fused-ring (bicyclic) bond motifs is 1. The monoisotopic (exact) mass is 410 g/mol. The molecular formula is C21H22N4O3S. The Kier molecular flexibility index (Phi) is 4.61. The van der Waals surface area contributed by atoms with Crippen molar-refractivity contribution in [2.75, 3.05) is 13.1 Å². The lowest BCUT2D eigenvalue weighted by Crippen LogP contribution is -2.47. The molecule has 1 saturated heterocycles. The Balaban J connectivity index is 1.59. The van der Waals surface area contributed by atoms with Gasteiger partial charge < -0.3 is 14.3 Å². The van der Waals surface area contributed by atoms with E-state index in [1.165, 1.54) is 15.9 Å². The van der Waals surface area contributed by atoms with Crippen LogP contribution >= 0.6 is 11.3 Å². The zero-order valence-electron chi connectivity index (χ0n) is 16.2. The summed E-state index contributed by atoms with van der Waals surface area (Å²) < 4.78 is 12.8. The number of morpholine rings is 1. The predicted octanol–water partition coefficient (Wildman–Crippen LogP) is 3.96. The van der Waals surface area contributed by atoms with Crippen molar-refractivity contribution >= 4 is 16.3 Å². The molecule has 4 heterocycles. The molecule has 29 heavy (non-hydrogen) atoms. The van der Waals surface area contributed by atoms with Gasteiger partial charge in [-0.3, -0.25) is 4.90 Å². The molecule has 150 valence electrons. The van der Waals surface area contributed by atoms with Gasteiger partial charge in [-0.15, -0.1) is 5.10 Å². The fourth-order valence-electron chi connectivity index (χ4n) is 4.03. The van der Waals surface area contributed by atoms with E-state index in [-0.39, 0.29) is 24.1 Å². The average Bonchev–Trinajstić information content (AvgIpc) is 3.41.